The highest BCUT2D eigenvalue weighted by atomic mass is 35.5. The van der Waals surface area contributed by atoms with E-state index >= 15 is 0 Å². The Morgan fingerprint density at radius 3 is 2.35 bits per heavy atom. The number of nitrogens with one attached hydrogen (secondary N) is 1. The Bertz CT molecular complexity index is 529. The van der Waals surface area contributed by atoms with E-state index < -0.39 is 10.0 Å². The summed E-state index contributed by atoms with van der Waals surface area (Å²) in [7, 11) is -3.36. The van der Waals surface area contributed by atoms with Gasteiger partial charge in [-0.3, -0.25) is 0 Å². The molecule has 0 spiro atoms. The van der Waals surface area contributed by atoms with Gasteiger partial charge in [-0.05, 0) is 30.5 Å². The predicted molar refractivity (Wildman–Crippen MR) is 84.0 cm³/mol. The number of hydrogen-bond acceptors (Lipinski definition) is 3. The fourth-order valence-corrected chi connectivity index (χ4v) is 3.97. The summed E-state index contributed by atoms with van der Waals surface area (Å²) in [5, 5.41) is 3.21. The summed E-state index contributed by atoms with van der Waals surface area (Å²) >= 11 is 0. The minimum absolute atomic E-state index is 0. The van der Waals surface area contributed by atoms with Crippen LogP contribution in [-0.2, 0) is 10.0 Å². The summed E-state index contributed by atoms with van der Waals surface area (Å²) < 4.78 is 26.7. The summed E-state index contributed by atoms with van der Waals surface area (Å²) in [5.41, 5.74) is 1.16. The first-order valence-corrected chi connectivity index (χ1v) is 8.19. The fourth-order valence-electron chi connectivity index (χ4n) is 2.34. The van der Waals surface area contributed by atoms with Gasteiger partial charge in [-0.15, -0.1) is 12.4 Å². The van der Waals surface area contributed by atoms with Crippen LogP contribution in [0.5, 0.6) is 0 Å². The van der Waals surface area contributed by atoms with Crippen molar-refractivity contribution in [3.8, 4) is 0 Å². The van der Waals surface area contributed by atoms with Crippen LogP contribution in [0.2, 0.25) is 0 Å². The average Bonchev–Trinajstić information content (AvgIpc) is 2.39. The molecule has 20 heavy (non-hydrogen) atoms. The molecule has 1 aromatic carbocycles. The van der Waals surface area contributed by atoms with Crippen molar-refractivity contribution >= 4 is 22.4 Å². The lowest BCUT2D eigenvalue weighted by atomic mass is 10.0. The average molecular weight is 319 g/mol. The highest BCUT2D eigenvalue weighted by Crippen LogP contribution is 2.22. The van der Waals surface area contributed by atoms with Gasteiger partial charge in [0.15, 0.2) is 0 Å². The third-order valence-corrected chi connectivity index (χ3v) is 5.62. The van der Waals surface area contributed by atoms with Crippen LogP contribution in [0.25, 0.3) is 0 Å². The summed E-state index contributed by atoms with van der Waals surface area (Å²) in [5.74, 6) is 0.412. The van der Waals surface area contributed by atoms with Crippen molar-refractivity contribution in [3.63, 3.8) is 0 Å². The quantitative estimate of drug-likeness (QED) is 0.929. The highest BCUT2D eigenvalue weighted by Gasteiger charge is 2.30. The van der Waals surface area contributed by atoms with Gasteiger partial charge in [0.25, 0.3) is 0 Å². The van der Waals surface area contributed by atoms with Crippen molar-refractivity contribution in [2.75, 3.05) is 19.6 Å². The third-order valence-electron chi connectivity index (χ3n) is 3.59. The first kappa shape index (κ1) is 17.4. The van der Waals surface area contributed by atoms with Crippen LogP contribution in [-0.4, -0.2) is 38.4 Å². The molecule has 0 aromatic heterocycles. The highest BCUT2D eigenvalue weighted by molar-refractivity contribution is 7.89. The second-order valence-corrected chi connectivity index (χ2v) is 7.28. The smallest absolute Gasteiger partial charge is 0.243 e. The van der Waals surface area contributed by atoms with E-state index in [1.807, 2.05) is 19.1 Å². The lowest BCUT2D eigenvalue weighted by Crippen LogP contribution is -2.52. The minimum atomic E-state index is -3.36. The first-order chi connectivity index (χ1) is 8.93. The summed E-state index contributed by atoms with van der Waals surface area (Å²) in [6, 6.07) is 7.26. The molecule has 0 unspecified atom stereocenters. The zero-order valence-corrected chi connectivity index (χ0v) is 13.8. The molecule has 1 N–H and O–H groups in total. The maximum absolute atomic E-state index is 12.6. The topological polar surface area (TPSA) is 49.4 Å². The van der Waals surface area contributed by atoms with E-state index in [0.29, 0.717) is 30.4 Å². The maximum Gasteiger partial charge on any atom is 0.243 e. The van der Waals surface area contributed by atoms with E-state index in [9.17, 15) is 8.42 Å². The van der Waals surface area contributed by atoms with Crippen LogP contribution in [0.1, 0.15) is 32.3 Å². The predicted octanol–water partition coefficient (Wildman–Crippen LogP) is 2.21. The van der Waals surface area contributed by atoms with E-state index in [0.717, 1.165) is 5.56 Å². The number of sulfonamides is 1. The van der Waals surface area contributed by atoms with Gasteiger partial charge in [0, 0.05) is 25.7 Å². The monoisotopic (exact) mass is 318 g/mol. The number of halogens is 1. The first-order valence-electron chi connectivity index (χ1n) is 6.75. The van der Waals surface area contributed by atoms with E-state index in [1.165, 1.54) is 0 Å². The molecule has 1 saturated heterocycles. The fraction of sp³-hybridized carbons (Fsp3) is 0.571. The Balaban J connectivity index is 0.00000200. The Labute approximate surface area is 128 Å². The van der Waals surface area contributed by atoms with Gasteiger partial charge in [-0.25, -0.2) is 8.42 Å². The molecule has 2 rings (SSSR count). The molecular weight excluding hydrogens is 296 g/mol. The molecule has 0 amide bonds. The van der Waals surface area contributed by atoms with Gasteiger partial charge in [0.2, 0.25) is 10.0 Å². The van der Waals surface area contributed by atoms with E-state index in [2.05, 4.69) is 19.2 Å². The van der Waals surface area contributed by atoms with Crippen molar-refractivity contribution in [1.29, 1.82) is 0 Å². The molecule has 6 heteroatoms. The van der Waals surface area contributed by atoms with Crippen LogP contribution in [0.15, 0.2) is 29.2 Å². The summed E-state index contributed by atoms with van der Waals surface area (Å²) in [6.07, 6.45) is 0. The molecule has 1 fully saturated rings. The van der Waals surface area contributed by atoms with Gasteiger partial charge in [-0.1, -0.05) is 26.0 Å². The second kappa shape index (κ2) is 6.89. The Morgan fingerprint density at radius 1 is 1.25 bits per heavy atom. The molecule has 1 aromatic rings. The number of benzene rings is 1. The Kier molecular flexibility index (Phi) is 6.01. The minimum Gasteiger partial charge on any atom is -0.314 e. The molecule has 1 aliphatic rings. The lowest BCUT2D eigenvalue weighted by molar-refractivity contribution is 0.284. The van der Waals surface area contributed by atoms with Crippen LogP contribution >= 0.6 is 12.4 Å². The van der Waals surface area contributed by atoms with Gasteiger partial charge in [-0.2, -0.15) is 4.31 Å². The SMILES string of the molecule is CC(C)c1ccc(S(=O)(=O)N2CCNC[C@@H]2C)cc1.Cl. The molecule has 1 heterocycles. The van der Waals surface area contributed by atoms with Gasteiger partial charge < -0.3 is 5.32 Å². The van der Waals surface area contributed by atoms with Crippen molar-refractivity contribution < 1.29 is 8.42 Å². The van der Waals surface area contributed by atoms with Crippen LogP contribution in [0, 0.1) is 0 Å². The van der Waals surface area contributed by atoms with Crippen LogP contribution in [0.4, 0.5) is 0 Å². The normalized spacial score (nSPS) is 20.7. The van der Waals surface area contributed by atoms with Gasteiger partial charge in [0.05, 0.1) is 4.90 Å². The molecule has 4 nitrogen and oxygen atoms in total. The molecule has 0 saturated carbocycles. The van der Waals surface area contributed by atoms with Crippen molar-refractivity contribution in [2.24, 2.45) is 0 Å². The standard InChI is InChI=1S/C14H22N2O2S.ClH/c1-11(2)13-4-6-14(7-5-13)19(17,18)16-9-8-15-10-12(16)3;/h4-7,11-12,15H,8-10H2,1-3H3;1H/t12-;/m0./s1. The molecule has 1 aliphatic heterocycles. The summed E-state index contributed by atoms with van der Waals surface area (Å²) in [4.78, 5) is 0.394. The molecule has 0 aliphatic carbocycles. The largest absolute Gasteiger partial charge is 0.314 e. The van der Waals surface area contributed by atoms with E-state index in [1.54, 1.807) is 16.4 Å². The maximum atomic E-state index is 12.6. The van der Waals surface area contributed by atoms with Crippen molar-refractivity contribution in [3.05, 3.63) is 29.8 Å². The van der Waals surface area contributed by atoms with Gasteiger partial charge in [0.1, 0.15) is 0 Å². The third kappa shape index (κ3) is 3.52. The summed E-state index contributed by atoms with van der Waals surface area (Å²) in [6.45, 7) is 8.10. The molecule has 0 bridgehead atoms. The van der Waals surface area contributed by atoms with E-state index in [-0.39, 0.29) is 18.4 Å². The number of piperazine rings is 1. The molecule has 114 valence electrons. The Morgan fingerprint density at radius 2 is 1.85 bits per heavy atom. The van der Waals surface area contributed by atoms with E-state index in [4.69, 9.17) is 0 Å². The second-order valence-electron chi connectivity index (χ2n) is 5.39. The zero-order chi connectivity index (χ0) is 14.0. The van der Waals surface area contributed by atoms with Crippen molar-refractivity contribution in [2.45, 2.75) is 37.6 Å². The lowest BCUT2D eigenvalue weighted by Gasteiger charge is -2.32. The Hall–Kier alpha value is -0.620. The molecular formula is C14H23ClN2O2S. The van der Waals surface area contributed by atoms with Gasteiger partial charge >= 0.3 is 0 Å². The molecule has 1 atom stereocenters. The van der Waals surface area contributed by atoms with Crippen molar-refractivity contribution in [1.82, 2.24) is 9.62 Å². The van der Waals surface area contributed by atoms with Crippen LogP contribution in [0.3, 0.4) is 0 Å². The van der Waals surface area contributed by atoms with Crippen LogP contribution < -0.4 is 5.32 Å². The zero-order valence-electron chi connectivity index (χ0n) is 12.2. The molecule has 0 radical (unpaired) electrons. The number of hydrogen-bond donors (Lipinski definition) is 1. The number of nitrogens with zero attached hydrogens (tertiary/aromatic N) is 1. The number of rotatable bonds is 3.